The Kier molecular flexibility index (Phi) is 5.79. The Balaban J connectivity index is 1.55. The Bertz CT molecular complexity index is 2050. The molecule has 0 nitrogen and oxygen atoms in total. The van der Waals surface area contributed by atoms with Gasteiger partial charge in [0.1, 0.15) is 0 Å². The highest BCUT2D eigenvalue weighted by molar-refractivity contribution is 6.23. The maximum atomic E-state index is 2.37. The third-order valence-corrected chi connectivity index (χ3v) is 8.22. The maximum Gasteiger partial charge on any atom is -0.00200 e. The molecule has 0 aliphatic carbocycles. The van der Waals surface area contributed by atoms with Gasteiger partial charge in [-0.3, -0.25) is 0 Å². The van der Waals surface area contributed by atoms with Crippen LogP contribution in [0, 0.1) is 27.7 Å². The third-order valence-electron chi connectivity index (χ3n) is 8.22. The second kappa shape index (κ2) is 9.50. The van der Waals surface area contributed by atoms with Crippen LogP contribution in [0.5, 0.6) is 0 Å². The molecule has 0 amide bonds. The van der Waals surface area contributed by atoms with Crippen LogP contribution < -0.4 is 0 Å². The van der Waals surface area contributed by atoms with E-state index in [4.69, 9.17) is 0 Å². The molecule has 0 aliphatic heterocycles. The highest BCUT2D eigenvalue weighted by atomic mass is 14.2. The number of hydrogen-bond donors (Lipinski definition) is 0. The van der Waals surface area contributed by atoms with Crippen LogP contribution in [0.2, 0.25) is 0 Å². The van der Waals surface area contributed by atoms with Gasteiger partial charge in [-0.15, -0.1) is 0 Å². The summed E-state index contributed by atoms with van der Waals surface area (Å²) in [5.41, 5.74) is 12.8. The largest absolute Gasteiger partial charge is 0.0616 e. The number of benzene rings is 7. The van der Waals surface area contributed by atoms with Gasteiger partial charge in [0.15, 0.2) is 0 Å². The van der Waals surface area contributed by atoms with Crippen LogP contribution in [0.4, 0.5) is 0 Å². The molecule has 0 heterocycles. The Morgan fingerprint density at radius 3 is 1.60 bits per heavy atom. The predicted molar refractivity (Wildman–Crippen MR) is 174 cm³/mol. The summed E-state index contributed by atoms with van der Waals surface area (Å²) in [6, 6.07) is 45.3. The van der Waals surface area contributed by atoms with Crippen molar-refractivity contribution < 1.29 is 0 Å². The summed E-state index contributed by atoms with van der Waals surface area (Å²) in [6.07, 6.45) is 0. The fourth-order valence-electron chi connectivity index (χ4n) is 6.47. The van der Waals surface area contributed by atoms with Gasteiger partial charge < -0.3 is 0 Å². The predicted octanol–water partition coefficient (Wildman–Crippen LogP) is 11.4. The quantitative estimate of drug-likeness (QED) is 0.207. The Morgan fingerprint density at radius 2 is 0.900 bits per heavy atom. The first-order valence-electron chi connectivity index (χ1n) is 14.1. The lowest BCUT2D eigenvalue weighted by molar-refractivity contribution is 1.38. The van der Waals surface area contributed by atoms with Gasteiger partial charge in [-0.1, -0.05) is 144 Å². The summed E-state index contributed by atoms with van der Waals surface area (Å²) in [6.45, 7) is 8.74. The van der Waals surface area contributed by atoms with Gasteiger partial charge in [0.05, 0.1) is 0 Å². The molecule has 0 fully saturated rings. The Hall–Kier alpha value is -4.68. The number of aryl methyl sites for hydroxylation is 4. The van der Waals surface area contributed by atoms with E-state index >= 15 is 0 Å². The highest BCUT2D eigenvalue weighted by Crippen LogP contribution is 2.46. The van der Waals surface area contributed by atoms with Crippen LogP contribution in [0.1, 0.15) is 22.3 Å². The zero-order chi connectivity index (χ0) is 27.4. The van der Waals surface area contributed by atoms with Crippen molar-refractivity contribution in [3.05, 3.63) is 144 Å². The molecular formula is C40H32. The second-order valence-corrected chi connectivity index (χ2v) is 11.3. The van der Waals surface area contributed by atoms with Gasteiger partial charge in [-0.25, -0.2) is 0 Å². The lowest BCUT2D eigenvalue weighted by atomic mass is 9.83. The zero-order valence-corrected chi connectivity index (χ0v) is 23.5. The van der Waals surface area contributed by atoms with Crippen LogP contribution in [0.25, 0.3) is 65.7 Å². The molecule has 0 unspecified atom stereocenters. The molecule has 0 radical (unpaired) electrons. The topological polar surface area (TPSA) is 0 Å². The van der Waals surface area contributed by atoms with Crippen molar-refractivity contribution in [2.45, 2.75) is 27.7 Å². The molecule has 0 aliphatic rings. The summed E-state index contributed by atoms with van der Waals surface area (Å²) < 4.78 is 0. The fraction of sp³-hybridized carbons (Fsp3) is 0.100. The lowest BCUT2D eigenvalue weighted by Crippen LogP contribution is -1.93. The second-order valence-electron chi connectivity index (χ2n) is 11.3. The normalized spacial score (nSPS) is 11.5. The summed E-state index contributed by atoms with van der Waals surface area (Å²) in [4.78, 5) is 0. The molecule has 7 aromatic rings. The zero-order valence-electron chi connectivity index (χ0n) is 23.5. The molecule has 0 spiro atoms. The molecule has 7 aromatic carbocycles. The van der Waals surface area contributed by atoms with E-state index in [2.05, 4.69) is 149 Å². The van der Waals surface area contributed by atoms with E-state index in [0.717, 1.165) is 0 Å². The Morgan fingerprint density at radius 1 is 0.325 bits per heavy atom. The summed E-state index contributed by atoms with van der Waals surface area (Å²) in [5.74, 6) is 0. The molecule has 192 valence electrons. The van der Waals surface area contributed by atoms with Crippen LogP contribution in [0.3, 0.4) is 0 Å². The Labute approximate surface area is 236 Å². The van der Waals surface area contributed by atoms with Gasteiger partial charge in [0, 0.05) is 0 Å². The first-order valence-corrected chi connectivity index (χ1v) is 14.1. The molecule has 0 saturated heterocycles. The lowest BCUT2D eigenvalue weighted by Gasteiger charge is -2.20. The number of fused-ring (bicyclic) bond motifs is 3. The van der Waals surface area contributed by atoms with E-state index in [-0.39, 0.29) is 0 Å². The van der Waals surface area contributed by atoms with Gasteiger partial charge in [0.25, 0.3) is 0 Å². The standard InChI is InChI=1S/C40H32/c1-25-13-19-36-37(23-25)39(31-16-14-29(15-17-31)32-21-27(3)20-28(4)22-32)35-18-12-26(2)24-38(35)40(36)34-11-7-9-30-8-5-6-10-33(30)34/h5-24H,1-4H3. The molecule has 7 rings (SSSR count). The van der Waals surface area contributed by atoms with Crippen LogP contribution in [-0.4, -0.2) is 0 Å². The minimum Gasteiger partial charge on any atom is -0.0616 e. The minimum atomic E-state index is 1.25. The van der Waals surface area contributed by atoms with Crippen molar-refractivity contribution in [3.63, 3.8) is 0 Å². The van der Waals surface area contributed by atoms with Gasteiger partial charge in [-0.05, 0) is 93.4 Å². The fourth-order valence-corrected chi connectivity index (χ4v) is 6.47. The van der Waals surface area contributed by atoms with Gasteiger partial charge in [-0.2, -0.15) is 0 Å². The van der Waals surface area contributed by atoms with Crippen LogP contribution in [0.15, 0.2) is 121 Å². The monoisotopic (exact) mass is 512 g/mol. The summed E-state index contributed by atoms with van der Waals surface area (Å²) in [5, 5.41) is 7.77. The molecular weight excluding hydrogens is 480 g/mol. The molecule has 0 aromatic heterocycles. The summed E-state index contributed by atoms with van der Waals surface area (Å²) in [7, 11) is 0. The van der Waals surface area contributed by atoms with E-state index < -0.39 is 0 Å². The van der Waals surface area contributed by atoms with Crippen molar-refractivity contribution in [1.82, 2.24) is 0 Å². The average Bonchev–Trinajstić information content (AvgIpc) is 2.95. The van der Waals surface area contributed by atoms with Crippen molar-refractivity contribution in [2.24, 2.45) is 0 Å². The van der Waals surface area contributed by atoms with Crippen molar-refractivity contribution in [3.8, 4) is 33.4 Å². The molecule has 0 bridgehead atoms. The van der Waals surface area contributed by atoms with Crippen LogP contribution >= 0.6 is 0 Å². The summed E-state index contributed by atoms with van der Waals surface area (Å²) >= 11 is 0. The van der Waals surface area contributed by atoms with Gasteiger partial charge in [0.2, 0.25) is 0 Å². The smallest absolute Gasteiger partial charge is 0.00200 e. The number of rotatable bonds is 3. The van der Waals surface area contributed by atoms with Crippen molar-refractivity contribution in [1.29, 1.82) is 0 Å². The molecule has 40 heavy (non-hydrogen) atoms. The average molecular weight is 513 g/mol. The SMILES string of the molecule is Cc1cc(C)cc(-c2ccc(-c3c4cc(C)ccc4c(-c4cccc5ccccc45)c4cc(C)ccc34)cc2)c1. The molecule has 0 atom stereocenters. The number of hydrogen-bond acceptors (Lipinski definition) is 0. The van der Waals surface area contributed by atoms with Crippen molar-refractivity contribution in [2.75, 3.05) is 0 Å². The maximum absolute atomic E-state index is 2.37. The third kappa shape index (κ3) is 4.08. The first kappa shape index (κ1) is 24.4. The molecule has 0 saturated carbocycles. The van der Waals surface area contributed by atoms with Crippen LogP contribution in [-0.2, 0) is 0 Å². The highest BCUT2D eigenvalue weighted by Gasteiger charge is 2.18. The van der Waals surface area contributed by atoms with Crippen molar-refractivity contribution >= 4 is 32.3 Å². The van der Waals surface area contributed by atoms with E-state index in [1.807, 2.05) is 0 Å². The molecule has 0 N–H and O–H groups in total. The van der Waals surface area contributed by atoms with Gasteiger partial charge >= 0.3 is 0 Å². The van der Waals surface area contributed by atoms with E-state index in [0.29, 0.717) is 0 Å². The van der Waals surface area contributed by atoms with E-state index in [1.165, 1.54) is 88.0 Å². The van der Waals surface area contributed by atoms with E-state index in [1.54, 1.807) is 0 Å². The minimum absolute atomic E-state index is 1.25. The molecule has 0 heteroatoms. The van der Waals surface area contributed by atoms with E-state index in [9.17, 15) is 0 Å². The first-order chi connectivity index (χ1) is 19.5.